The molecule has 2 aliphatic heterocycles. The zero-order valence-corrected chi connectivity index (χ0v) is 13.4. The maximum absolute atomic E-state index is 12.2. The van der Waals surface area contributed by atoms with Gasteiger partial charge in [0.1, 0.15) is 18.1 Å². The molecule has 7 heteroatoms. The third-order valence-electron chi connectivity index (χ3n) is 4.51. The number of carbonyl (C=O) groups excluding carboxylic acids is 1. The molecule has 2 fully saturated rings. The Hall–Kier alpha value is -2.41. The number of aromatic nitrogens is 3. The largest absolute Gasteiger partial charge is 0.487 e. The normalized spacial score (nSPS) is 20.8. The number of hydrogen-bond donors (Lipinski definition) is 0. The van der Waals surface area contributed by atoms with Crippen molar-refractivity contribution in [3.05, 3.63) is 42.2 Å². The highest BCUT2D eigenvalue weighted by atomic mass is 16.5. The van der Waals surface area contributed by atoms with Crippen molar-refractivity contribution in [1.29, 1.82) is 0 Å². The van der Waals surface area contributed by atoms with Crippen LogP contribution in [-0.2, 0) is 16.1 Å². The van der Waals surface area contributed by atoms with E-state index in [9.17, 15) is 4.79 Å². The second kappa shape index (κ2) is 6.60. The SMILES string of the molecule is O=C([C@H]1CCOC1)N1CC(n2cc(COc3ccccc3)nn2)C1. The lowest BCUT2D eigenvalue weighted by atomic mass is 10.0. The summed E-state index contributed by atoms with van der Waals surface area (Å²) in [6.45, 7) is 3.03. The molecule has 2 aromatic rings. The first kappa shape index (κ1) is 15.1. The standard InChI is InChI=1S/C17H20N4O3/c22-17(13-6-7-23-11-13)20-9-15(10-20)21-8-14(18-19-21)12-24-16-4-2-1-3-5-16/h1-5,8,13,15H,6-7,9-12H2/t13-/m0/s1. The lowest BCUT2D eigenvalue weighted by Crippen LogP contribution is -2.52. The molecule has 1 aromatic heterocycles. The second-order valence-corrected chi connectivity index (χ2v) is 6.25. The summed E-state index contributed by atoms with van der Waals surface area (Å²) in [5.41, 5.74) is 0.785. The molecule has 0 unspecified atom stereocenters. The predicted octanol–water partition coefficient (Wildman–Crippen LogP) is 1.28. The van der Waals surface area contributed by atoms with Gasteiger partial charge in [-0.3, -0.25) is 4.79 Å². The van der Waals surface area contributed by atoms with Gasteiger partial charge in [-0.2, -0.15) is 0 Å². The highest BCUT2D eigenvalue weighted by Gasteiger charge is 2.37. The van der Waals surface area contributed by atoms with E-state index in [4.69, 9.17) is 9.47 Å². The Morgan fingerprint density at radius 1 is 1.29 bits per heavy atom. The van der Waals surface area contributed by atoms with Gasteiger partial charge in [-0.1, -0.05) is 23.4 Å². The minimum atomic E-state index is 0.0385. The maximum atomic E-state index is 12.2. The minimum absolute atomic E-state index is 0.0385. The molecule has 0 bridgehead atoms. The third kappa shape index (κ3) is 3.12. The smallest absolute Gasteiger partial charge is 0.228 e. The van der Waals surface area contributed by atoms with E-state index in [2.05, 4.69) is 10.3 Å². The number of hydrogen-bond acceptors (Lipinski definition) is 5. The summed E-state index contributed by atoms with van der Waals surface area (Å²) in [7, 11) is 0. The van der Waals surface area contributed by atoms with Crippen LogP contribution in [0.4, 0.5) is 0 Å². The molecule has 7 nitrogen and oxygen atoms in total. The molecule has 0 spiro atoms. The van der Waals surface area contributed by atoms with Crippen LogP contribution in [0, 0.1) is 5.92 Å². The van der Waals surface area contributed by atoms with E-state index < -0.39 is 0 Å². The van der Waals surface area contributed by atoms with Gasteiger partial charge in [0.15, 0.2) is 0 Å². The quantitative estimate of drug-likeness (QED) is 0.827. The van der Waals surface area contributed by atoms with E-state index in [0.29, 0.717) is 32.9 Å². The van der Waals surface area contributed by atoms with E-state index in [1.54, 1.807) is 0 Å². The first-order valence-corrected chi connectivity index (χ1v) is 8.24. The van der Waals surface area contributed by atoms with Crippen molar-refractivity contribution < 1.29 is 14.3 Å². The summed E-state index contributed by atoms with van der Waals surface area (Å²) >= 11 is 0. The van der Waals surface area contributed by atoms with Crippen LogP contribution in [0.15, 0.2) is 36.5 Å². The summed E-state index contributed by atoms with van der Waals surface area (Å²) in [6, 6.07) is 9.83. The van der Waals surface area contributed by atoms with Gasteiger partial charge < -0.3 is 14.4 Å². The zero-order chi connectivity index (χ0) is 16.4. The Balaban J connectivity index is 1.28. The van der Waals surface area contributed by atoms with Crippen molar-refractivity contribution in [2.75, 3.05) is 26.3 Å². The summed E-state index contributed by atoms with van der Waals surface area (Å²) in [5.74, 6) is 1.05. The fraction of sp³-hybridized carbons (Fsp3) is 0.471. The van der Waals surface area contributed by atoms with Gasteiger partial charge in [-0.25, -0.2) is 4.68 Å². The van der Waals surface area contributed by atoms with Gasteiger partial charge in [-0.05, 0) is 18.6 Å². The molecule has 0 radical (unpaired) electrons. The van der Waals surface area contributed by atoms with Gasteiger partial charge in [0.2, 0.25) is 5.91 Å². The Morgan fingerprint density at radius 3 is 2.88 bits per heavy atom. The second-order valence-electron chi connectivity index (χ2n) is 6.25. The minimum Gasteiger partial charge on any atom is -0.487 e. The van der Waals surface area contributed by atoms with Crippen LogP contribution in [0.2, 0.25) is 0 Å². The van der Waals surface area contributed by atoms with E-state index in [1.165, 1.54) is 0 Å². The molecule has 2 saturated heterocycles. The molecular formula is C17H20N4O3. The fourth-order valence-electron chi connectivity index (χ4n) is 3.02. The number of likely N-dealkylation sites (tertiary alicyclic amines) is 1. The summed E-state index contributed by atoms with van der Waals surface area (Å²) < 4.78 is 12.8. The zero-order valence-electron chi connectivity index (χ0n) is 13.4. The van der Waals surface area contributed by atoms with E-state index in [0.717, 1.165) is 17.9 Å². The van der Waals surface area contributed by atoms with Crippen molar-refractivity contribution in [3.8, 4) is 5.75 Å². The highest BCUT2D eigenvalue weighted by Crippen LogP contribution is 2.25. The lowest BCUT2D eigenvalue weighted by molar-refractivity contribution is -0.141. The number of nitrogens with zero attached hydrogens (tertiary/aromatic N) is 4. The Bertz CT molecular complexity index is 691. The van der Waals surface area contributed by atoms with Crippen LogP contribution in [-0.4, -0.2) is 52.1 Å². The molecule has 3 heterocycles. The first-order chi connectivity index (χ1) is 11.8. The molecule has 2 aliphatic rings. The topological polar surface area (TPSA) is 69.5 Å². The molecule has 126 valence electrons. The number of amides is 1. The van der Waals surface area contributed by atoms with Crippen molar-refractivity contribution in [1.82, 2.24) is 19.9 Å². The van der Waals surface area contributed by atoms with E-state index >= 15 is 0 Å². The van der Waals surface area contributed by atoms with Crippen LogP contribution in [0.3, 0.4) is 0 Å². The third-order valence-corrected chi connectivity index (χ3v) is 4.51. The van der Waals surface area contributed by atoms with Crippen LogP contribution in [0.1, 0.15) is 18.2 Å². The van der Waals surface area contributed by atoms with Crippen LogP contribution in [0.5, 0.6) is 5.75 Å². The Kier molecular flexibility index (Phi) is 4.17. The van der Waals surface area contributed by atoms with E-state index in [-0.39, 0.29) is 17.9 Å². The van der Waals surface area contributed by atoms with Crippen LogP contribution in [0.25, 0.3) is 0 Å². The molecule has 0 saturated carbocycles. The summed E-state index contributed by atoms with van der Waals surface area (Å²) in [6.07, 6.45) is 2.73. The Morgan fingerprint density at radius 2 is 2.12 bits per heavy atom. The van der Waals surface area contributed by atoms with Gasteiger partial charge in [0, 0.05) is 19.7 Å². The van der Waals surface area contributed by atoms with Gasteiger partial charge in [0.25, 0.3) is 0 Å². The van der Waals surface area contributed by atoms with Gasteiger partial charge in [-0.15, -0.1) is 5.10 Å². The number of para-hydroxylation sites is 1. The molecule has 1 aromatic carbocycles. The lowest BCUT2D eigenvalue weighted by Gasteiger charge is -2.40. The van der Waals surface area contributed by atoms with Crippen LogP contribution < -0.4 is 4.74 Å². The summed E-state index contributed by atoms with van der Waals surface area (Å²) in [4.78, 5) is 14.1. The monoisotopic (exact) mass is 328 g/mol. The fourth-order valence-corrected chi connectivity index (χ4v) is 3.02. The van der Waals surface area contributed by atoms with Gasteiger partial charge >= 0.3 is 0 Å². The molecule has 4 rings (SSSR count). The van der Waals surface area contributed by atoms with E-state index in [1.807, 2.05) is 46.1 Å². The van der Waals surface area contributed by atoms with Gasteiger partial charge in [0.05, 0.1) is 24.8 Å². The van der Waals surface area contributed by atoms with Crippen molar-refractivity contribution in [2.24, 2.45) is 5.92 Å². The molecule has 1 atom stereocenters. The average Bonchev–Trinajstić information content (AvgIpc) is 3.24. The predicted molar refractivity (Wildman–Crippen MR) is 85.3 cm³/mol. The number of carbonyl (C=O) groups is 1. The molecule has 24 heavy (non-hydrogen) atoms. The molecule has 1 amide bonds. The van der Waals surface area contributed by atoms with Crippen molar-refractivity contribution in [2.45, 2.75) is 19.1 Å². The molecular weight excluding hydrogens is 308 g/mol. The summed E-state index contributed by atoms with van der Waals surface area (Å²) in [5, 5.41) is 8.31. The first-order valence-electron chi connectivity index (χ1n) is 8.24. The molecule has 0 N–H and O–H groups in total. The number of ether oxygens (including phenoxy) is 2. The number of rotatable bonds is 5. The molecule has 0 aliphatic carbocycles. The van der Waals surface area contributed by atoms with Crippen molar-refractivity contribution in [3.63, 3.8) is 0 Å². The maximum Gasteiger partial charge on any atom is 0.228 e. The van der Waals surface area contributed by atoms with Crippen molar-refractivity contribution >= 4 is 5.91 Å². The Labute approximate surface area is 140 Å². The average molecular weight is 328 g/mol. The highest BCUT2D eigenvalue weighted by molar-refractivity contribution is 5.80. The van der Waals surface area contributed by atoms with Crippen LogP contribution >= 0.6 is 0 Å². The number of benzene rings is 1.